The molecule has 3 nitrogen and oxygen atoms in total. The van der Waals surface area contributed by atoms with Gasteiger partial charge in [0.2, 0.25) is 0 Å². The first kappa shape index (κ1) is 14.6. The highest BCUT2D eigenvalue weighted by molar-refractivity contribution is 9.10. The quantitative estimate of drug-likeness (QED) is 0.779. The van der Waals surface area contributed by atoms with E-state index in [-0.39, 0.29) is 0 Å². The highest BCUT2D eigenvalue weighted by Gasteiger charge is 2.23. The summed E-state index contributed by atoms with van der Waals surface area (Å²) in [5.41, 5.74) is 9.61. The van der Waals surface area contributed by atoms with Crippen molar-refractivity contribution in [1.82, 2.24) is 10.2 Å². The van der Waals surface area contributed by atoms with Crippen molar-refractivity contribution in [2.45, 2.75) is 50.9 Å². The molecule has 1 fully saturated rings. The van der Waals surface area contributed by atoms with Gasteiger partial charge in [0.05, 0.1) is 0 Å². The number of aromatic nitrogens is 2. The van der Waals surface area contributed by atoms with E-state index >= 15 is 0 Å². The zero-order valence-corrected chi connectivity index (χ0v) is 13.8. The summed E-state index contributed by atoms with van der Waals surface area (Å²) in [5.74, 6) is 1.16. The van der Waals surface area contributed by atoms with Gasteiger partial charge in [-0.3, -0.25) is 5.10 Å². The van der Waals surface area contributed by atoms with Crippen molar-refractivity contribution in [3.05, 3.63) is 34.4 Å². The predicted octanol–water partition coefficient (Wildman–Crippen LogP) is 5.25. The lowest BCUT2D eigenvalue weighted by Gasteiger charge is -2.20. The van der Waals surface area contributed by atoms with Gasteiger partial charge in [-0.2, -0.15) is 5.10 Å². The maximum atomic E-state index is 6.16. The molecule has 4 heteroatoms. The summed E-state index contributed by atoms with van der Waals surface area (Å²) in [6, 6.07) is 8.25. The van der Waals surface area contributed by atoms with Gasteiger partial charge in [-0.25, -0.2) is 0 Å². The molecule has 0 atom stereocenters. The van der Waals surface area contributed by atoms with Crippen LogP contribution >= 0.6 is 15.9 Å². The smallest absolute Gasteiger partial charge is 0.153 e. The molecular weight excluding hydrogens is 326 g/mol. The second-order valence-corrected chi connectivity index (χ2v) is 6.77. The molecule has 0 spiro atoms. The van der Waals surface area contributed by atoms with E-state index in [0.29, 0.717) is 11.7 Å². The van der Waals surface area contributed by atoms with Crippen LogP contribution in [-0.4, -0.2) is 10.2 Å². The molecule has 0 saturated heterocycles. The van der Waals surface area contributed by atoms with Crippen LogP contribution in [0.5, 0.6) is 0 Å². The molecule has 112 valence electrons. The Morgan fingerprint density at radius 1 is 1.05 bits per heavy atom. The number of nitrogen functional groups attached to an aromatic ring is 1. The van der Waals surface area contributed by atoms with Gasteiger partial charge in [0.1, 0.15) is 0 Å². The van der Waals surface area contributed by atoms with E-state index in [0.717, 1.165) is 15.6 Å². The maximum Gasteiger partial charge on any atom is 0.153 e. The largest absolute Gasteiger partial charge is 0.382 e. The van der Waals surface area contributed by atoms with Crippen molar-refractivity contribution >= 4 is 21.7 Å². The van der Waals surface area contributed by atoms with E-state index in [4.69, 9.17) is 5.73 Å². The van der Waals surface area contributed by atoms with Crippen molar-refractivity contribution in [1.29, 1.82) is 0 Å². The van der Waals surface area contributed by atoms with Crippen LogP contribution < -0.4 is 5.73 Å². The van der Waals surface area contributed by atoms with Gasteiger partial charge in [0.15, 0.2) is 5.82 Å². The molecule has 1 saturated carbocycles. The first-order chi connectivity index (χ1) is 10.3. The summed E-state index contributed by atoms with van der Waals surface area (Å²) in [6.45, 7) is 0. The molecule has 1 aliphatic carbocycles. The summed E-state index contributed by atoms with van der Waals surface area (Å²) >= 11 is 3.64. The summed E-state index contributed by atoms with van der Waals surface area (Å²) in [4.78, 5) is 0. The number of H-pyrrole nitrogens is 1. The first-order valence-corrected chi connectivity index (χ1v) is 8.65. The first-order valence-electron chi connectivity index (χ1n) is 7.86. The molecule has 1 heterocycles. The molecule has 1 aromatic heterocycles. The van der Waals surface area contributed by atoms with Gasteiger partial charge in [0, 0.05) is 27.2 Å². The molecule has 21 heavy (non-hydrogen) atoms. The Balaban J connectivity index is 1.98. The van der Waals surface area contributed by atoms with E-state index < -0.39 is 0 Å². The molecule has 2 aromatic rings. The Morgan fingerprint density at radius 3 is 2.43 bits per heavy atom. The summed E-state index contributed by atoms with van der Waals surface area (Å²) < 4.78 is 1.07. The van der Waals surface area contributed by atoms with Crippen LogP contribution in [0.2, 0.25) is 0 Å². The number of halogens is 1. The topological polar surface area (TPSA) is 54.7 Å². The van der Waals surface area contributed by atoms with Crippen LogP contribution in [0.3, 0.4) is 0 Å². The van der Waals surface area contributed by atoms with Crippen LogP contribution in [0.1, 0.15) is 56.6 Å². The zero-order chi connectivity index (χ0) is 14.7. The van der Waals surface area contributed by atoms with Gasteiger partial charge in [-0.05, 0) is 18.9 Å². The van der Waals surface area contributed by atoms with Gasteiger partial charge in [0.25, 0.3) is 0 Å². The fourth-order valence-electron chi connectivity index (χ4n) is 3.36. The average molecular weight is 348 g/mol. The van der Waals surface area contributed by atoms with E-state index in [9.17, 15) is 0 Å². The van der Waals surface area contributed by atoms with Gasteiger partial charge in [-0.15, -0.1) is 0 Å². The number of rotatable bonds is 2. The Labute approximate surface area is 134 Å². The summed E-state index contributed by atoms with van der Waals surface area (Å²) in [7, 11) is 0. The van der Waals surface area contributed by atoms with Gasteiger partial charge < -0.3 is 5.73 Å². The Hall–Kier alpha value is -1.29. The fourth-order valence-corrected chi connectivity index (χ4v) is 3.84. The highest BCUT2D eigenvalue weighted by Crippen LogP contribution is 2.40. The van der Waals surface area contributed by atoms with Crippen LogP contribution in [0.4, 0.5) is 5.82 Å². The second-order valence-electron chi connectivity index (χ2n) is 5.92. The van der Waals surface area contributed by atoms with Crippen molar-refractivity contribution in [3.63, 3.8) is 0 Å². The lowest BCUT2D eigenvalue weighted by molar-refractivity contribution is 0.449. The molecule has 3 rings (SSSR count). The summed E-state index contributed by atoms with van der Waals surface area (Å²) in [5, 5.41) is 7.52. The minimum Gasteiger partial charge on any atom is -0.382 e. The van der Waals surface area contributed by atoms with E-state index in [2.05, 4.69) is 44.3 Å². The average Bonchev–Trinajstić information content (AvgIpc) is 2.81. The van der Waals surface area contributed by atoms with E-state index in [1.165, 1.54) is 50.6 Å². The molecule has 0 amide bonds. The number of nitrogens with zero attached hydrogens (tertiary/aromatic N) is 1. The number of hydrogen-bond acceptors (Lipinski definition) is 2. The minimum atomic E-state index is 0.553. The van der Waals surface area contributed by atoms with Crippen molar-refractivity contribution in [2.75, 3.05) is 5.73 Å². The molecule has 1 aliphatic rings. The van der Waals surface area contributed by atoms with E-state index in [1.807, 2.05) is 6.07 Å². The molecule has 3 N–H and O–H groups in total. The zero-order valence-electron chi connectivity index (χ0n) is 12.2. The third-order valence-corrected chi connectivity index (χ3v) is 5.17. The van der Waals surface area contributed by atoms with Crippen molar-refractivity contribution < 1.29 is 0 Å². The Morgan fingerprint density at radius 2 is 1.71 bits per heavy atom. The van der Waals surface area contributed by atoms with Crippen LogP contribution in [0.25, 0.3) is 11.1 Å². The summed E-state index contributed by atoms with van der Waals surface area (Å²) in [6.07, 6.45) is 9.17. The SMILES string of the molecule is Nc1n[nH]c(C2CCCCCCC2)c1-c1ccccc1Br. The normalized spacial score (nSPS) is 17.4. The standard InChI is InChI=1S/C17H22BrN3/c18-14-11-7-6-10-13(14)15-16(20-21-17(15)19)12-8-4-2-1-3-5-9-12/h6-7,10-12H,1-5,8-9H2,(H3,19,20,21). The third kappa shape index (κ3) is 3.15. The van der Waals surface area contributed by atoms with Crippen LogP contribution in [0, 0.1) is 0 Å². The van der Waals surface area contributed by atoms with Crippen molar-refractivity contribution in [3.8, 4) is 11.1 Å². The number of benzene rings is 1. The lowest BCUT2D eigenvalue weighted by atomic mass is 9.86. The number of hydrogen-bond donors (Lipinski definition) is 2. The van der Waals surface area contributed by atoms with Gasteiger partial charge in [-0.1, -0.05) is 66.2 Å². The van der Waals surface area contributed by atoms with Crippen LogP contribution in [-0.2, 0) is 0 Å². The minimum absolute atomic E-state index is 0.553. The number of aromatic amines is 1. The Kier molecular flexibility index (Phi) is 4.63. The van der Waals surface area contributed by atoms with E-state index in [1.54, 1.807) is 0 Å². The number of anilines is 1. The van der Waals surface area contributed by atoms with Crippen molar-refractivity contribution in [2.24, 2.45) is 0 Å². The molecule has 0 bridgehead atoms. The second kappa shape index (κ2) is 6.65. The molecule has 0 unspecified atom stereocenters. The molecule has 0 radical (unpaired) electrons. The van der Waals surface area contributed by atoms with Gasteiger partial charge >= 0.3 is 0 Å². The third-order valence-electron chi connectivity index (χ3n) is 4.48. The van der Waals surface area contributed by atoms with Crippen LogP contribution in [0.15, 0.2) is 28.7 Å². The maximum absolute atomic E-state index is 6.16. The fraction of sp³-hybridized carbons (Fsp3) is 0.471. The predicted molar refractivity (Wildman–Crippen MR) is 91.2 cm³/mol. The number of nitrogens with one attached hydrogen (secondary N) is 1. The monoisotopic (exact) mass is 347 g/mol. The Bertz CT molecular complexity index is 598. The molecule has 1 aromatic carbocycles. The lowest BCUT2D eigenvalue weighted by Crippen LogP contribution is -2.04. The highest BCUT2D eigenvalue weighted by atomic mass is 79.9. The number of nitrogens with two attached hydrogens (primary N) is 1. The molecule has 0 aliphatic heterocycles. The molecular formula is C17H22BrN3.